The number of aromatic nitrogens is 1. The number of rotatable bonds is 2. The van der Waals surface area contributed by atoms with Gasteiger partial charge in [0.25, 0.3) is 0 Å². The number of carbonyl (C=O) groups excluding carboxylic acids is 1. The van der Waals surface area contributed by atoms with Gasteiger partial charge in [-0.3, -0.25) is 0 Å². The number of esters is 1. The second kappa shape index (κ2) is 3.93. The van der Waals surface area contributed by atoms with E-state index in [0.29, 0.717) is 6.07 Å². The summed E-state index contributed by atoms with van der Waals surface area (Å²) in [7, 11) is 0. The molecule has 70 valence electrons. The molecule has 0 unspecified atom stereocenters. The molecule has 0 aromatic carbocycles. The summed E-state index contributed by atoms with van der Waals surface area (Å²) < 4.78 is 29.6. The number of pyridine rings is 1. The molecule has 0 amide bonds. The Hall–Kier alpha value is -1.52. The van der Waals surface area contributed by atoms with E-state index >= 15 is 0 Å². The lowest BCUT2D eigenvalue weighted by molar-refractivity contribution is 0.0520. The van der Waals surface area contributed by atoms with Crippen LogP contribution in [-0.2, 0) is 4.74 Å². The summed E-state index contributed by atoms with van der Waals surface area (Å²) in [5.74, 6) is -2.77. The summed E-state index contributed by atoms with van der Waals surface area (Å²) in [6.45, 7) is 1.72. The van der Waals surface area contributed by atoms with Crippen LogP contribution in [0.25, 0.3) is 0 Å². The van der Waals surface area contributed by atoms with Crippen LogP contribution >= 0.6 is 0 Å². The van der Waals surface area contributed by atoms with Crippen LogP contribution in [0.15, 0.2) is 12.3 Å². The van der Waals surface area contributed by atoms with Gasteiger partial charge in [-0.05, 0) is 6.92 Å². The van der Waals surface area contributed by atoms with Crippen molar-refractivity contribution in [2.45, 2.75) is 6.92 Å². The minimum absolute atomic E-state index is 0.135. The lowest BCUT2D eigenvalue weighted by Crippen LogP contribution is -2.08. The number of hydrogen-bond acceptors (Lipinski definition) is 3. The molecule has 0 radical (unpaired) electrons. The van der Waals surface area contributed by atoms with Crippen molar-refractivity contribution in [3.8, 4) is 0 Å². The van der Waals surface area contributed by atoms with Crippen LogP contribution in [0, 0.1) is 11.8 Å². The monoisotopic (exact) mass is 187 g/mol. The molecular formula is C8H7F2NO2. The number of carbonyl (C=O) groups is 1. The molecule has 13 heavy (non-hydrogen) atoms. The van der Waals surface area contributed by atoms with Crippen molar-refractivity contribution in [1.29, 1.82) is 0 Å². The highest BCUT2D eigenvalue weighted by molar-refractivity contribution is 5.89. The van der Waals surface area contributed by atoms with Gasteiger partial charge in [-0.2, -0.15) is 4.39 Å². The van der Waals surface area contributed by atoms with E-state index < -0.39 is 17.7 Å². The van der Waals surface area contributed by atoms with Gasteiger partial charge < -0.3 is 4.74 Å². The molecule has 0 spiro atoms. The van der Waals surface area contributed by atoms with Gasteiger partial charge in [-0.15, -0.1) is 0 Å². The van der Waals surface area contributed by atoms with Crippen molar-refractivity contribution >= 4 is 5.97 Å². The topological polar surface area (TPSA) is 39.2 Å². The highest BCUT2D eigenvalue weighted by Crippen LogP contribution is 2.07. The Bertz CT molecular complexity index is 328. The van der Waals surface area contributed by atoms with Gasteiger partial charge in [-0.1, -0.05) is 0 Å². The van der Waals surface area contributed by atoms with E-state index in [2.05, 4.69) is 9.72 Å². The Balaban J connectivity index is 2.95. The summed E-state index contributed by atoms with van der Waals surface area (Å²) >= 11 is 0. The molecule has 0 aliphatic rings. The summed E-state index contributed by atoms with van der Waals surface area (Å²) in [6, 6.07) is 0.534. The van der Waals surface area contributed by atoms with Crippen LogP contribution in [0.4, 0.5) is 8.78 Å². The molecule has 0 N–H and O–H groups in total. The van der Waals surface area contributed by atoms with Gasteiger partial charge in [0.1, 0.15) is 11.4 Å². The molecule has 1 aromatic heterocycles. The van der Waals surface area contributed by atoms with E-state index in [1.165, 1.54) is 0 Å². The summed E-state index contributed by atoms with van der Waals surface area (Å²) in [4.78, 5) is 14.1. The lowest BCUT2D eigenvalue weighted by atomic mass is 10.3. The Morgan fingerprint density at radius 3 is 2.85 bits per heavy atom. The normalized spacial score (nSPS) is 9.77. The Labute approximate surface area is 73.4 Å². The first-order valence-electron chi connectivity index (χ1n) is 3.63. The van der Waals surface area contributed by atoms with Gasteiger partial charge in [0.05, 0.1) is 6.61 Å². The van der Waals surface area contributed by atoms with Gasteiger partial charge in [-0.25, -0.2) is 14.2 Å². The fourth-order valence-electron chi connectivity index (χ4n) is 0.767. The van der Waals surface area contributed by atoms with Crippen molar-refractivity contribution in [1.82, 2.24) is 4.98 Å². The summed E-state index contributed by atoms with van der Waals surface area (Å²) in [6.07, 6.45) is 0.808. The van der Waals surface area contributed by atoms with Gasteiger partial charge in [0.2, 0.25) is 5.95 Å². The second-order valence-corrected chi connectivity index (χ2v) is 2.21. The van der Waals surface area contributed by atoms with E-state index in [9.17, 15) is 13.6 Å². The molecule has 0 saturated heterocycles. The van der Waals surface area contributed by atoms with Crippen LogP contribution < -0.4 is 0 Å². The Morgan fingerprint density at radius 2 is 2.31 bits per heavy atom. The van der Waals surface area contributed by atoms with Crippen molar-refractivity contribution in [2.24, 2.45) is 0 Å². The minimum Gasteiger partial charge on any atom is -0.462 e. The third kappa shape index (κ3) is 2.21. The zero-order valence-electron chi connectivity index (χ0n) is 6.88. The first-order chi connectivity index (χ1) is 6.15. The molecule has 0 bridgehead atoms. The average molecular weight is 187 g/mol. The Kier molecular flexibility index (Phi) is 2.89. The number of halogens is 2. The van der Waals surface area contributed by atoms with Crippen LogP contribution in [-0.4, -0.2) is 17.6 Å². The van der Waals surface area contributed by atoms with Crippen molar-refractivity contribution in [3.63, 3.8) is 0 Å². The average Bonchev–Trinajstić information content (AvgIpc) is 2.04. The number of ether oxygens (including phenoxy) is 1. The highest BCUT2D eigenvalue weighted by Gasteiger charge is 2.13. The maximum atomic E-state index is 12.8. The van der Waals surface area contributed by atoms with Crippen molar-refractivity contribution < 1.29 is 18.3 Å². The maximum Gasteiger partial charge on any atom is 0.342 e. The zero-order valence-corrected chi connectivity index (χ0v) is 6.88. The van der Waals surface area contributed by atoms with E-state index in [4.69, 9.17) is 0 Å². The number of nitrogens with zero attached hydrogens (tertiary/aromatic N) is 1. The molecule has 5 heteroatoms. The maximum absolute atomic E-state index is 12.8. The molecular weight excluding hydrogens is 180 g/mol. The smallest absolute Gasteiger partial charge is 0.342 e. The van der Waals surface area contributed by atoms with E-state index in [-0.39, 0.29) is 12.2 Å². The van der Waals surface area contributed by atoms with Crippen LogP contribution in [0.5, 0.6) is 0 Å². The predicted octanol–water partition coefficient (Wildman–Crippen LogP) is 1.54. The van der Waals surface area contributed by atoms with Crippen molar-refractivity contribution in [2.75, 3.05) is 6.61 Å². The molecule has 0 fully saturated rings. The minimum atomic E-state index is -0.967. The SMILES string of the molecule is CCOC(=O)c1cnc(F)cc1F. The third-order valence-electron chi connectivity index (χ3n) is 1.32. The Morgan fingerprint density at radius 1 is 1.62 bits per heavy atom. The van der Waals surface area contributed by atoms with E-state index in [1.807, 2.05) is 0 Å². The molecule has 1 rings (SSSR count). The molecule has 1 aromatic rings. The standard InChI is InChI=1S/C8H7F2NO2/c1-2-13-8(12)5-4-11-7(10)3-6(5)9/h3-4H,2H2,1H3. The lowest BCUT2D eigenvalue weighted by Gasteiger charge is -2.01. The second-order valence-electron chi connectivity index (χ2n) is 2.21. The van der Waals surface area contributed by atoms with Crippen LogP contribution in [0.3, 0.4) is 0 Å². The quantitative estimate of drug-likeness (QED) is 0.520. The molecule has 0 aliphatic heterocycles. The van der Waals surface area contributed by atoms with Crippen LogP contribution in [0.2, 0.25) is 0 Å². The summed E-state index contributed by atoms with van der Waals surface area (Å²) in [5, 5.41) is 0. The fourth-order valence-corrected chi connectivity index (χ4v) is 0.767. The van der Waals surface area contributed by atoms with E-state index in [0.717, 1.165) is 6.20 Å². The zero-order chi connectivity index (χ0) is 9.84. The third-order valence-corrected chi connectivity index (χ3v) is 1.32. The molecule has 0 atom stereocenters. The predicted molar refractivity (Wildman–Crippen MR) is 40.1 cm³/mol. The first-order valence-corrected chi connectivity index (χ1v) is 3.63. The fraction of sp³-hybridized carbons (Fsp3) is 0.250. The number of hydrogen-bond donors (Lipinski definition) is 0. The highest BCUT2D eigenvalue weighted by atomic mass is 19.1. The molecule has 0 saturated carbocycles. The summed E-state index contributed by atoms with van der Waals surface area (Å²) in [5.41, 5.74) is -0.358. The van der Waals surface area contributed by atoms with E-state index in [1.54, 1.807) is 6.92 Å². The largest absolute Gasteiger partial charge is 0.462 e. The first kappa shape index (κ1) is 9.57. The van der Waals surface area contributed by atoms with Crippen molar-refractivity contribution in [3.05, 3.63) is 29.6 Å². The molecule has 1 heterocycles. The molecule has 3 nitrogen and oxygen atoms in total. The van der Waals surface area contributed by atoms with Crippen LogP contribution in [0.1, 0.15) is 17.3 Å². The molecule has 0 aliphatic carbocycles. The van der Waals surface area contributed by atoms with Gasteiger partial charge in [0, 0.05) is 12.3 Å². The van der Waals surface area contributed by atoms with Gasteiger partial charge in [0.15, 0.2) is 0 Å². The van der Waals surface area contributed by atoms with Gasteiger partial charge >= 0.3 is 5.97 Å².